The van der Waals surface area contributed by atoms with Gasteiger partial charge in [0.15, 0.2) is 6.29 Å². The Morgan fingerprint density at radius 2 is 1.68 bits per heavy atom. The summed E-state index contributed by atoms with van der Waals surface area (Å²) in [5, 5.41) is 11.7. The first-order valence-corrected chi connectivity index (χ1v) is 8.72. The summed E-state index contributed by atoms with van der Waals surface area (Å²) in [5.74, 6) is 0. The minimum Gasteiger partial charge on any atom is -0.375 e. The van der Waals surface area contributed by atoms with Gasteiger partial charge in [0.05, 0.1) is 19.3 Å². The number of fused-ring (bicyclic) bond motifs is 1. The van der Waals surface area contributed by atoms with Crippen LogP contribution < -0.4 is 0 Å². The maximum atomic E-state index is 9.77. The number of rotatable bonds is 6. The van der Waals surface area contributed by atoms with Crippen molar-refractivity contribution in [1.29, 1.82) is 0 Å². The molecule has 2 heterocycles. The number of aliphatic hydroxyl groups is 1. The average Bonchev–Trinajstić information content (AvgIpc) is 3.13. The van der Waals surface area contributed by atoms with Crippen molar-refractivity contribution in [1.82, 2.24) is 5.06 Å². The summed E-state index contributed by atoms with van der Waals surface area (Å²) in [5.41, 5.74) is 2.32. The normalized spacial score (nSPS) is 29.0. The summed E-state index contributed by atoms with van der Waals surface area (Å²) >= 11 is 0. The molecular formula is C20H23NO4. The minimum absolute atomic E-state index is 0.0360. The molecule has 132 valence electrons. The minimum atomic E-state index is -0.745. The van der Waals surface area contributed by atoms with Crippen LogP contribution in [0, 0.1) is 0 Å². The van der Waals surface area contributed by atoms with Gasteiger partial charge < -0.3 is 14.6 Å². The van der Waals surface area contributed by atoms with Crippen molar-refractivity contribution in [3.05, 3.63) is 71.8 Å². The highest BCUT2D eigenvalue weighted by Gasteiger charge is 2.50. The number of nitrogens with zero attached hydrogens (tertiary/aromatic N) is 1. The van der Waals surface area contributed by atoms with Crippen molar-refractivity contribution >= 4 is 0 Å². The van der Waals surface area contributed by atoms with E-state index in [1.807, 2.05) is 53.6 Å². The van der Waals surface area contributed by atoms with Crippen LogP contribution >= 0.6 is 0 Å². The molecule has 4 atom stereocenters. The molecule has 0 amide bonds. The molecule has 2 fully saturated rings. The molecule has 1 N–H and O–H groups in total. The lowest BCUT2D eigenvalue weighted by Crippen LogP contribution is -2.40. The average molecular weight is 341 g/mol. The van der Waals surface area contributed by atoms with Gasteiger partial charge in [-0.15, -0.1) is 0 Å². The fraction of sp³-hybridized carbons (Fsp3) is 0.400. The van der Waals surface area contributed by atoms with Crippen molar-refractivity contribution in [3.63, 3.8) is 0 Å². The van der Waals surface area contributed by atoms with Gasteiger partial charge in [-0.1, -0.05) is 60.7 Å². The maximum Gasteiger partial charge on any atom is 0.157 e. The van der Waals surface area contributed by atoms with Gasteiger partial charge >= 0.3 is 0 Å². The Labute approximate surface area is 147 Å². The van der Waals surface area contributed by atoms with Gasteiger partial charge in [0.25, 0.3) is 0 Å². The topological polar surface area (TPSA) is 51.2 Å². The third-order valence-corrected chi connectivity index (χ3v) is 4.72. The number of ether oxygens (including phenoxy) is 2. The van der Waals surface area contributed by atoms with Crippen molar-refractivity contribution < 1.29 is 19.4 Å². The van der Waals surface area contributed by atoms with Crippen molar-refractivity contribution in [2.24, 2.45) is 0 Å². The predicted octanol–water partition coefficient (Wildman–Crippen LogP) is 2.50. The van der Waals surface area contributed by atoms with Crippen LogP contribution in [0.2, 0.25) is 0 Å². The molecule has 0 radical (unpaired) electrons. The van der Waals surface area contributed by atoms with E-state index in [-0.39, 0.29) is 18.2 Å². The molecule has 0 aliphatic carbocycles. The summed E-state index contributed by atoms with van der Waals surface area (Å²) in [6.07, 6.45) is -0.505. The summed E-state index contributed by atoms with van der Waals surface area (Å²) in [4.78, 5) is 6.04. The monoisotopic (exact) mass is 341 g/mol. The fourth-order valence-electron chi connectivity index (χ4n) is 3.48. The molecule has 2 aromatic rings. The van der Waals surface area contributed by atoms with E-state index in [0.29, 0.717) is 26.2 Å². The lowest BCUT2D eigenvalue weighted by Gasteiger charge is -2.26. The van der Waals surface area contributed by atoms with Gasteiger partial charge in [0.2, 0.25) is 0 Å². The van der Waals surface area contributed by atoms with E-state index in [1.165, 1.54) is 5.56 Å². The zero-order valence-electron chi connectivity index (χ0n) is 14.0. The van der Waals surface area contributed by atoms with Gasteiger partial charge in [-0.3, -0.25) is 4.84 Å². The zero-order chi connectivity index (χ0) is 17.1. The Balaban J connectivity index is 1.41. The van der Waals surface area contributed by atoms with Crippen LogP contribution in [0.3, 0.4) is 0 Å². The zero-order valence-corrected chi connectivity index (χ0v) is 14.0. The van der Waals surface area contributed by atoms with Gasteiger partial charge in [-0.25, -0.2) is 0 Å². The molecule has 1 unspecified atom stereocenters. The van der Waals surface area contributed by atoms with Crippen LogP contribution in [0.25, 0.3) is 0 Å². The highest BCUT2D eigenvalue weighted by molar-refractivity contribution is 5.15. The Morgan fingerprint density at radius 3 is 2.40 bits per heavy atom. The molecule has 0 bridgehead atoms. The second kappa shape index (κ2) is 7.64. The summed E-state index contributed by atoms with van der Waals surface area (Å²) in [6.45, 7) is 1.72. The van der Waals surface area contributed by atoms with Crippen LogP contribution in [0.15, 0.2) is 60.7 Å². The van der Waals surface area contributed by atoms with Crippen LogP contribution in [0.5, 0.6) is 0 Å². The molecule has 5 nitrogen and oxygen atoms in total. The van der Waals surface area contributed by atoms with Crippen molar-refractivity contribution in [2.45, 2.75) is 44.1 Å². The number of hydrogen-bond donors (Lipinski definition) is 1. The quantitative estimate of drug-likeness (QED) is 0.875. The first kappa shape index (κ1) is 16.7. The lowest BCUT2D eigenvalue weighted by molar-refractivity contribution is -0.191. The number of benzene rings is 2. The molecule has 0 spiro atoms. The third-order valence-electron chi connectivity index (χ3n) is 4.72. The standard InChI is InChI=1S/C20H23NO4/c22-19-11-18-20(24-19)17(14-23-13-16-9-5-2-6-10-16)21(25-18)12-15-7-3-1-4-8-15/h1-10,17-20,22H,11-14H2/t17-,18+,19?,20+/m0/s1. The smallest absolute Gasteiger partial charge is 0.157 e. The Kier molecular flexibility index (Phi) is 5.10. The van der Waals surface area contributed by atoms with Crippen LogP contribution in [0.1, 0.15) is 17.5 Å². The van der Waals surface area contributed by atoms with E-state index in [2.05, 4.69) is 12.1 Å². The second-order valence-corrected chi connectivity index (χ2v) is 6.56. The van der Waals surface area contributed by atoms with Crippen LogP contribution in [0.4, 0.5) is 0 Å². The molecule has 5 heteroatoms. The summed E-state index contributed by atoms with van der Waals surface area (Å²) in [7, 11) is 0. The van der Waals surface area contributed by atoms with Gasteiger partial charge in [0, 0.05) is 13.0 Å². The Bertz CT molecular complexity index is 666. The van der Waals surface area contributed by atoms with E-state index < -0.39 is 6.29 Å². The SMILES string of the molecule is OC1C[C@H]2ON(Cc3ccccc3)[C@@H](COCc3ccccc3)[C@H]2O1. The molecule has 0 aromatic heterocycles. The highest BCUT2D eigenvalue weighted by atomic mass is 16.7. The van der Waals surface area contributed by atoms with Crippen molar-refractivity contribution in [3.8, 4) is 0 Å². The maximum absolute atomic E-state index is 9.77. The van der Waals surface area contributed by atoms with Crippen LogP contribution in [-0.2, 0) is 27.5 Å². The van der Waals surface area contributed by atoms with Gasteiger partial charge in [0.1, 0.15) is 12.2 Å². The van der Waals surface area contributed by atoms with E-state index in [4.69, 9.17) is 14.3 Å². The number of aliphatic hydroxyl groups excluding tert-OH is 1. The predicted molar refractivity (Wildman–Crippen MR) is 92.2 cm³/mol. The first-order valence-electron chi connectivity index (χ1n) is 8.72. The Hall–Kier alpha value is -1.76. The molecule has 0 saturated carbocycles. The van der Waals surface area contributed by atoms with E-state index >= 15 is 0 Å². The lowest BCUT2D eigenvalue weighted by atomic mass is 10.1. The number of hydroxylamine groups is 2. The molecule has 2 aliphatic heterocycles. The summed E-state index contributed by atoms with van der Waals surface area (Å²) < 4.78 is 11.6. The van der Waals surface area contributed by atoms with Gasteiger partial charge in [-0.05, 0) is 11.1 Å². The van der Waals surface area contributed by atoms with Gasteiger partial charge in [-0.2, -0.15) is 5.06 Å². The van der Waals surface area contributed by atoms with E-state index in [0.717, 1.165) is 5.56 Å². The molecule has 4 rings (SSSR count). The Morgan fingerprint density at radius 1 is 1.00 bits per heavy atom. The fourth-order valence-corrected chi connectivity index (χ4v) is 3.48. The largest absolute Gasteiger partial charge is 0.375 e. The second-order valence-electron chi connectivity index (χ2n) is 6.56. The molecule has 2 aromatic carbocycles. The summed E-state index contributed by atoms with van der Waals surface area (Å²) in [6, 6.07) is 20.3. The van der Waals surface area contributed by atoms with Crippen LogP contribution in [-0.4, -0.2) is 41.3 Å². The number of hydrogen-bond acceptors (Lipinski definition) is 5. The van der Waals surface area contributed by atoms with Crippen molar-refractivity contribution in [2.75, 3.05) is 6.61 Å². The third kappa shape index (κ3) is 3.92. The molecule has 2 aliphatic rings. The molecule has 2 saturated heterocycles. The van der Waals surface area contributed by atoms with E-state index in [9.17, 15) is 5.11 Å². The molecule has 25 heavy (non-hydrogen) atoms. The molecular weight excluding hydrogens is 318 g/mol. The first-order chi connectivity index (χ1) is 12.3. The highest BCUT2D eigenvalue weighted by Crippen LogP contribution is 2.35. The van der Waals surface area contributed by atoms with E-state index in [1.54, 1.807) is 0 Å².